The van der Waals surface area contributed by atoms with Gasteiger partial charge in [0.25, 0.3) is 0 Å². The van der Waals surface area contributed by atoms with E-state index in [1.807, 2.05) is 6.07 Å². The van der Waals surface area contributed by atoms with Gasteiger partial charge in [0.15, 0.2) is 0 Å². The van der Waals surface area contributed by atoms with Gasteiger partial charge in [0, 0.05) is 13.1 Å². The highest BCUT2D eigenvalue weighted by Gasteiger charge is 2.13. The second kappa shape index (κ2) is 7.22. The van der Waals surface area contributed by atoms with Crippen LogP contribution in [-0.2, 0) is 27.1 Å². The third-order valence-electron chi connectivity index (χ3n) is 2.41. The number of carbonyl (C=O) groups is 1. The van der Waals surface area contributed by atoms with E-state index >= 15 is 0 Å². The lowest BCUT2D eigenvalue weighted by molar-refractivity contribution is -0.119. The van der Waals surface area contributed by atoms with Gasteiger partial charge in [-0.25, -0.2) is 13.1 Å². The fourth-order valence-corrected chi connectivity index (χ4v) is 2.62. The second-order valence-electron chi connectivity index (χ2n) is 4.06. The van der Waals surface area contributed by atoms with E-state index in [0.29, 0.717) is 18.7 Å². The summed E-state index contributed by atoms with van der Waals surface area (Å²) in [4.78, 5) is 11.2. The van der Waals surface area contributed by atoms with E-state index < -0.39 is 10.0 Å². The van der Waals surface area contributed by atoms with Crippen molar-refractivity contribution in [2.45, 2.75) is 19.2 Å². The van der Waals surface area contributed by atoms with E-state index in [4.69, 9.17) is 5.73 Å². The number of hydrogen-bond acceptors (Lipinski definition) is 4. The summed E-state index contributed by atoms with van der Waals surface area (Å²) < 4.78 is 25.8. The van der Waals surface area contributed by atoms with Crippen LogP contribution in [0, 0.1) is 0 Å². The summed E-state index contributed by atoms with van der Waals surface area (Å²) in [6.45, 7) is 2.36. The maximum atomic E-state index is 11.8. The Morgan fingerprint density at radius 3 is 2.63 bits per heavy atom. The summed E-state index contributed by atoms with van der Waals surface area (Å²) >= 11 is 0. The van der Waals surface area contributed by atoms with Gasteiger partial charge in [0.1, 0.15) is 0 Å². The Balaban J connectivity index is 2.61. The summed E-state index contributed by atoms with van der Waals surface area (Å²) in [5.41, 5.74) is 7.01. The number of likely N-dealkylation sites (N-methyl/N-ethyl adjacent to an activating group) is 1. The first kappa shape index (κ1) is 15.6. The highest BCUT2D eigenvalue weighted by Crippen LogP contribution is 2.08. The monoisotopic (exact) mass is 285 g/mol. The van der Waals surface area contributed by atoms with Gasteiger partial charge in [-0.15, -0.1) is 0 Å². The van der Waals surface area contributed by atoms with Gasteiger partial charge < -0.3 is 11.1 Å². The molecule has 0 aliphatic heterocycles. The van der Waals surface area contributed by atoms with Crippen LogP contribution in [0.25, 0.3) is 0 Å². The van der Waals surface area contributed by atoms with Crippen molar-refractivity contribution in [2.24, 2.45) is 5.73 Å². The van der Waals surface area contributed by atoms with Crippen molar-refractivity contribution in [3.63, 3.8) is 0 Å². The summed E-state index contributed by atoms with van der Waals surface area (Å²) in [7, 11) is -3.52. The molecule has 6 nitrogen and oxygen atoms in total. The quantitative estimate of drug-likeness (QED) is 0.640. The van der Waals surface area contributed by atoms with Gasteiger partial charge in [-0.3, -0.25) is 4.79 Å². The smallest absolute Gasteiger partial charge is 0.235 e. The van der Waals surface area contributed by atoms with Crippen LogP contribution in [0.5, 0.6) is 0 Å². The highest BCUT2D eigenvalue weighted by atomic mass is 32.2. The summed E-state index contributed by atoms with van der Waals surface area (Å²) in [5, 5.41) is 2.52. The maximum Gasteiger partial charge on any atom is 0.235 e. The molecule has 19 heavy (non-hydrogen) atoms. The van der Waals surface area contributed by atoms with E-state index in [0.717, 1.165) is 5.56 Å². The molecule has 0 aromatic heterocycles. The van der Waals surface area contributed by atoms with Crippen molar-refractivity contribution < 1.29 is 13.2 Å². The van der Waals surface area contributed by atoms with Crippen LogP contribution in [0.3, 0.4) is 0 Å². The average Bonchev–Trinajstić information content (AvgIpc) is 2.37. The van der Waals surface area contributed by atoms with Crippen LogP contribution in [0.15, 0.2) is 24.3 Å². The molecule has 0 aliphatic rings. The lowest BCUT2D eigenvalue weighted by Gasteiger charge is -2.07. The molecule has 4 N–H and O–H groups in total. The Morgan fingerprint density at radius 2 is 2.00 bits per heavy atom. The molecule has 0 unspecified atom stereocenters. The molecular formula is C12H19N3O3S. The molecule has 0 aliphatic carbocycles. The predicted octanol–water partition coefficient (Wildman–Crippen LogP) is -0.299. The van der Waals surface area contributed by atoms with E-state index in [9.17, 15) is 13.2 Å². The van der Waals surface area contributed by atoms with Crippen molar-refractivity contribution in [2.75, 3.05) is 13.1 Å². The fraction of sp³-hybridized carbons (Fsp3) is 0.417. The van der Waals surface area contributed by atoms with Crippen molar-refractivity contribution in [3.8, 4) is 0 Å². The molecule has 0 fully saturated rings. The van der Waals surface area contributed by atoms with Gasteiger partial charge in [0.05, 0.1) is 12.3 Å². The molecule has 106 valence electrons. The zero-order chi connectivity index (χ0) is 14.3. The molecule has 0 saturated carbocycles. The zero-order valence-electron chi connectivity index (χ0n) is 10.8. The number of carbonyl (C=O) groups excluding carboxylic acids is 1. The molecule has 1 aromatic rings. The SMILES string of the molecule is CCNC(=O)CNS(=O)(=O)Cc1cccc(CN)c1. The first-order chi connectivity index (χ1) is 8.96. The molecule has 0 saturated heterocycles. The van der Waals surface area contributed by atoms with Crippen LogP contribution >= 0.6 is 0 Å². The Bertz CT molecular complexity index is 529. The van der Waals surface area contributed by atoms with Gasteiger partial charge in [-0.05, 0) is 18.1 Å². The average molecular weight is 285 g/mol. The molecule has 1 aromatic carbocycles. The Morgan fingerprint density at radius 1 is 1.32 bits per heavy atom. The molecule has 7 heteroatoms. The van der Waals surface area contributed by atoms with E-state index in [2.05, 4.69) is 10.0 Å². The van der Waals surface area contributed by atoms with Crippen molar-refractivity contribution in [3.05, 3.63) is 35.4 Å². The highest BCUT2D eigenvalue weighted by molar-refractivity contribution is 7.88. The minimum absolute atomic E-state index is 0.166. The Kier molecular flexibility index (Phi) is 5.94. The van der Waals surface area contributed by atoms with Crippen molar-refractivity contribution >= 4 is 15.9 Å². The first-order valence-electron chi connectivity index (χ1n) is 5.98. The van der Waals surface area contributed by atoms with Crippen molar-refractivity contribution in [1.82, 2.24) is 10.0 Å². The molecule has 1 amide bonds. The predicted molar refractivity (Wildman–Crippen MR) is 73.6 cm³/mol. The standard InChI is InChI=1S/C12H19N3O3S/c1-2-14-12(16)8-15-19(17,18)9-11-5-3-4-10(6-11)7-13/h3-6,15H,2,7-9,13H2,1H3,(H,14,16). The zero-order valence-corrected chi connectivity index (χ0v) is 11.7. The molecular weight excluding hydrogens is 266 g/mol. The number of hydrogen-bond donors (Lipinski definition) is 3. The van der Waals surface area contributed by atoms with E-state index in [1.54, 1.807) is 25.1 Å². The lowest BCUT2D eigenvalue weighted by atomic mass is 10.1. The largest absolute Gasteiger partial charge is 0.355 e. The molecule has 1 rings (SSSR count). The number of benzene rings is 1. The lowest BCUT2D eigenvalue weighted by Crippen LogP contribution is -2.37. The third-order valence-corrected chi connectivity index (χ3v) is 3.71. The molecule has 0 atom stereocenters. The summed E-state index contributed by atoms with van der Waals surface area (Å²) in [5.74, 6) is -0.512. The van der Waals surface area contributed by atoms with Crippen LogP contribution < -0.4 is 15.8 Å². The second-order valence-corrected chi connectivity index (χ2v) is 5.86. The molecule has 0 radical (unpaired) electrons. The number of nitrogens with two attached hydrogens (primary N) is 1. The molecule has 0 bridgehead atoms. The van der Waals surface area contributed by atoms with Crippen LogP contribution in [-0.4, -0.2) is 27.4 Å². The van der Waals surface area contributed by atoms with Crippen molar-refractivity contribution in [1.29, 1.82) is 0 Å². The molecule has 0 spiro atoms. The van der Waals surface area contributed by atoms with Crippen LogP contribution in [0.2, 0.25) is 0 Å². The number of nitrogens with one attached hydrogen (secondary N) is 2. The normalized spacial score (nSPS) is 11.3. The Labute approximate surface area is 113 Å². The van der Waals surface area contributed by atoms with E-state index in [1.165, 1.54) is 0 Å². The van der Waals surface area contributed by atoms with Gasteiger partial charge in [-0.1, -0.05) is 24.3 Å². The maximum absolute atomic E-state index is 11.8. The minimum Gasteiger partial charge on any atom is -0.355 e. The fourth-order valence-electron chi connectivity index (χ4n) is 1.55. The minimum atomic E-state index is -3.52. The Hall–Kier alpha value is -1.44. The number of amides is 1. The van der Waals surface area contributed by atoms with Gasteiger partial charge >= 0.3 is 0 Å². The van der Waals surface area contributed by atoms with Gasteiger partial charge in [0.2, 0.25) is 15.9 Å². The van der Waals surface area contributed by atoms with Gasteiger partial charge in [-0.2, -0.15) is 0 Å². The third kappa shape index (κ3) is 5.82. The van der Waals surface area contributed by atoms with E-state index in [-0.39, 0.29) is 18.2 Å². The number of rotatable bonds is 7. The summed E-state index contributed by atoms with van der Waals surface area (Å²) in [6.07, 6.45) is 0. The van der Waals surface area contributed by atoms with Crippen LogP contribution in [0.1, 0.15) is 18.1 Å². The van der Waals surface area contributed by atoms with Crippen LogP contribution in [0.4, 0.5) is 0 Å². The first-order valence-corrected chi connectivity index (χ1v) is 7.64. The molecule has 0 heterocycles. The topological polar surface area (TPSA) is 101 Å². The summed E-state index contributed by atoms with van der Waals surface area (Å²) in [6, 6.07) is 7.05. The number of sulfonamides is 1.